The van der Waals surface area contributed by atoms with Gasteiger partial charge in [-0.15, -0.1) is 0 Å². The standard InChI is InChI=1S/C15H30N4O2/c1-12(2)6-10-17-15(21)18-14(20)11-19(3)13-5-4-8-16-9-7-13/h12-13,16H,4-11H2,1-3H3,(H2,17,18,20,21). The zero-order valence-electron chi connectivity index (χ0n) is 13.6. The topological polar surface area (TPSA) is 73.5 Å². The third-order valence-corrected chi connectivity index (χ3v) is 3.82. The van der Waals surface area contributed by atoms with E-state index < -0.39 is 6.03 Å². The number of urea groups is 1. The fourth-order valence-corrected chi connectivity index (χ4v) is 2.48. The van der Waals surface area contributed by atoms with E-state index in [-0.39, 0.29) is 12.5 Å². The van der Waals surface area contributed by atoms with Gasteiger partial charge in [-0.2, -0.15) is 0 Å². The van der Waals surface area contributed by atoms with E-state index in [1.807, 2.05) is 11.9 Å². The summed E-state index contributed by atoms with van der Waals surface area (Å²) in [5, 5.41) is 8.46. The molecule has 122 valence electrons. The van der Waals surface area contributed by atoms with Crippen molar-refractivity contribution in [2.45, 2.75) is 45.6 Å². The van der Waals surface area contributed by atoms with Gasteiger partial charge in [0.25, 0.3) is 0 Å². The Morgan fingerprint density at radius 3 is 2.76 bits per heavy atom. The molecule has 6 nitrogen and oxygen atoms in total. The van der Waals surface area contributed by atoms with Crippen LogP contribution in [0.25, 0.3) is 0 Å². The lowest BCUT2D eigenvalue weighted by molar-refractivity contribution is -0.121. The molecule has 1 aliphatic rings. The van der Waals surface area contributed by atoms with Gasteiger partial charge in [0, 0.05) is 12.6 Å². The van der Waals surface area contributed by atoms with Gasteiger partial charge in [0.2, 0.25) is 5.91 Å². The van der Waals surface area contributed by atoms with Gasteiger partial charge in [-0.3, -0.25) is 15.0 Å². The number of carbonyl (C=O) groups is 2. The number of amides is 3. The Balaban J connectivity index is 2.23. The number of rotatable bonds is 6. The highest BCUT2D eigenvalue weighted by atomic mass is 16.2. The first-order valence-electron chi connectivity index (χ1n) is 7.97. The molecule has 1 fully saturated rings. The maximum atomic E-state index is 11.9. The lowest BCUT2D eigenvalue weighted by atomic mass is 10.1. The molecule has 0 aliphatic carbocycles. The smallest absolute Gasteiger partial charge is 0.321 e. The average Bonchev–Trinajstić information content (AvgIpc) is 2.66. The maximum absolute atomic E-state index is 11.9. The van der Waals surface area contributed by atoms with Gasteiger partial charge < -0.3 is 10.6 Å². The first kappa shape index (κ1) is 17.9. The number of hydrogen-bond acceptors (Lipinski definition) is 4. The van der Waals surface area contributed by atoms with Crippen LogP contribution in [0.15, 0.2) is 0 Å². The summed E-state index contributed by atoms with van der Waals surface area (Å²) in [5.41, 5.74) is 0. The van der Waals surface area contributed by atoms with Crippen molar-refractivity contribution in [3.8, 4) is 0 Å². The van der Waals surface area contributed by atoms with Crippen LogP contribution in [0.5, 0.6) is 0 Å². The molecule has 1 unspecified atom stereocenters. The summed E-state index contributed by atoms with van der Waals surface area (Å²) >= 11 is 0. The third kappa shape index (κ3) is 8.02. The highest BCUT2D eigenvalue weighted by Crippen LogP contribution is 2.11. The van der Waals surface area contributed by atoms with Gasteiger partial charge in [0.1, 0.15) is 0 Å². The zero-order chi connectivity index (χ0) is 15.7. The Morgan fingerprint density at radius 2 is 2.05 bits per heavy atom. The molecule has 0 radical (unpaired) electrons. The monoisotopic (exact) mass is 298 g/mol. The van der Waals surface area contributed by atoms with Gasteiger partial charge >= 0.3 is 6.03 Å². The van der Waals surface area contributed by atoms with Gasteiger partial charge in [-0.05, 0) is 51.7 Å². The summed E-state index contributed by atoms with van der Waals surface area (Å²) < 4.78 is 0. The van der Waals surface area contributed by atoms with Crippen LogP contribution < -0.4 is 16.0 Å². The molecule has 21 heavy (non-hydrogen) atoms. The van der Waals surface area contributed by atoms with Gasteiger partial charge in [-0.1, -0.05) is 13.8 Å². The van der Waals surface area contributed by atoms with Crippen LogP contribution in [-0.2, 0) is 4.79 Å². The van der Waals surface area contributed by atoms with E-state index in [9.17, 15) is 9.59 Å². The maximum Gasteiger partial charge on any atom is 0.321 e. The summed E-state index contributed by atoms with van der Waals surface area (Å²) in [6, 6.07) is 0.0198. The molecular weight excluding hydrogens is 268 g/mol. The number of likely N-dealkylation sites (N-methyl/N-ethyl adjacent to an activating group) is 1. The number of nitrogens with zero attached hydrogens (tertiary/aromatic N) is 1. The van der Waals surface area contributed by atoms with E-state index in [4.69, 9.17) is 0 Å². The predicted octanol–water partition coefficient (Wildman–Crippen LogP) is 0.932. The number of imide groups is 1. The molecule has 0 aromatic rings. The summed E-state index contributed by atoms with van der Waals surface area (Å²) in [6.07, 6.45) is 4.19. The van der Waals surface area contributed by atoms with E-state index in [2.05, 4.69) is 29.8 Å². The van der Waals surface area contributed by atoms with Crippen molar-refractivity contribution >= 4 is 11.9 Å². The van der Waals surface area contributed by atoms with Crippen molar-refractivity contribution in [2.24, 2.45) is 5.92 Å². The molecule has 1 saturated heterocycles. The Morgan fingerprint density at radius 1 is 1.29 bits per heavy atom. The normalized spacial score (nSPS) is 19.4. The van der Waals surface area contributed by atoms with Crippen LogP contribution in [0.1, 0.15) is 39.5 Å². The van der Waals surface area contributed by atoms with Crippen LogP contribution in [0, 0.1) is 5.92 Å². The molecule has 0 spiro atoms. The molecule has 0 aromatic heterocycles. The van der Waals surface area contributed by atoms with E-state index >= 15 is 0 Å². The van der Waals surface area contributed by atoms with Crippen LogP contribution >= 0.6 is 0 Å². The molecule has 1 heterocycles. The van der Waals surface area contributed by atoms with Gasteiger partial charge in [0.15, 0.2) is 0 Å². The largest absolute Gasteiger partial charge is 0.338 e. The number of hydrogen-bond donors (Lipinski definition) is 3. The molecule has 0 saturated carbocycles. The number of carbonyl (C=O) groups excluding carboxylic acids is 2. The van der Waals surface area contributed by atoms with Gasteiger partial charge in [-0.25, -0.2) is 4.79 Å². The second-order valence-electron chi connectivity index (χ2n) is 6.24. The Hall–Kier alpha value is -1.14. The highest BCUT2D eigenvalue weighted by molar-refractivity contribution is 5.95. The van der Waals surface area contributed by atoms with Crippen molar-refractivity contribution in [3.05, 3.63) is 0 Å². The van der Waals surface area contributed by atoms with Crippen molar-refractivity contribution < 1.29 is 9.59 Å². The van der Waals surface area contributed by atoms with Crippen LogP contribution in [0.4, 0.5) is 4.79 Å². The van der Waals surface area contributed by atoms with Crippen molar-refractivity contribution in [1.29, 1.82) is 0 Å². The fourth-order valence-electron chi connectivity index (χ4n) is 2.48. The molecule has 6 heteroatoms. The van der Waals surface area contributed by atoms with Gasteiger partial charge in [0.05, 0.1) is 6.54 Å². The molecule has 1 rings (SSSR count). The lowest BCUT2D eigenvalue weighted by Crippen LogP contribution is -2.46. The summed E-state index contributed by atoms with van der Waals surface area (Å²) in [5.74, 6) is 0.299. The Labute approximate surface area is 128 Å². The quantitative estimate of drug-likeness (QED) is 0.682. The second kappa shape index (κ2) is 9.73. The van der Waals surface area contributed by atoms with Crippen LogP contribution in [0.2, 0.25) is 0 Å². The summed E-state index contributed by atoms with van der Waals surface area (Å²) in [4.78, 5) is 25.5. The SMILES string of the molecule is CC(C)CCNC(=O)NC(=O)CN(C)C1CCCNCC1. The molecule has 0 aromatic carbocycles. The molecule has 3 amide bonds. The minimum absolute atomic E-state index is 0.239. The first-order chi connectivity index (χ1) is 9.99. The summed E-state index contributed by atoms with van der Waals surface area (Å²) in [6.45, 7) is 7.10. The minimum Gasteiger partial charge on any atom is -0.338 e. The number of nitrogens with one attached hydrogen (secondary N) is 3. The van der Waals surface area contributed by atoms with E-state index in [0.29, 0.717) is 18.5 Å². The predicted molar refractivity (Wildman–Crippen MR) is 84.1 cm³/mol. The van der Waals surface area contributed by atoms with Crippen LogP contribution in [-0.4, -0.2) is 56.1 Å². The molecule has 3 N–H and O–H groups in total. The minimum atomic E-state index is -0.392. The zero-order valence-corrected chi connectivity index (χ0v) is 13.6. The lowest BCUT2D eigenvalue weighted by Gasteiger charge is -2.25. The average molecular weight is 298 g/mol. The van der Waals surface area contributed by atoms with Crippen molar-refractivity contribution in [1.82, 2.24) is 20.9 Å². The van der Waals surface area contributed by atoms with E-state index in [1.165, 1.54) is 0 Å². The highest BCUT2D eigenvalue weighted by Gasteiger charge is 2.19. The fraction of sp³-hybridized carbons (Fsp3) is 0.867. The van der Waals surface area contributed by atoms with Crippen molar-refractivity contribution in [2.75, 3.05) is 33.2 Å². The Bertz CT molecular complexity index is 326. The third-order valence-electron chi connectivity index (χ3n) is 3.82. The molecule has 1 atom stereocenters. The summed E-state index contributed by atoms with van der Waals surface area (Å²) in [7, 11) is 1.95. The van der Waals surface area contributed by atoms with Crippen molar-refractivity contribution in [3.63, 3.8) is 0 Å². The van der Waals surface area contributed by atoms with E-state index in [1.54, 1.807) is 0 Å². The van der Waals surface area contributed by atoms with Crippen LogP contribution in [0.3, 0.4) is 0 Å². The Kier molecular flexibility index (Phi) is 8.30. The van der Waals surface area contributed by atoms with E-state index in [0.717, 1.165) is 38.8 Å². The molecular formula is C15H30N4O2. The first-order valence-corrected chi connectivity index (χ1v) is 7.97. The molecule has 1 aliphatic heterocycles. The second-order valence-corrected chi connectivity index (χ2v) is 6.24. The molecule has 0 bridgehead atoms.